The standard InChI is InChI=1S/C19H14ClN3O3S/c1-13-11-15(26-19-14(12-21)5-4-10-22-19)8-9-17(13)23-27(24,25)18-7-3-2-6-16(18)20/h2-11,23H,1H3. The first kappa shape index (κ1) is 18.7. The molecule has 0 amide bonds. The van der Waals surface area contributed by atoms with Gasteiger partial charge < -0.3 is 4.74 Å². The number of nitrogens with zero attached hydrogens (tertiary/aromatic N) is 2. The van der Waals surface area contributed by atoms with E-state index in [1.165, 1.54) is 18.3 Å². The molecule has 3 rings (SSSR count). The van der Waals surface area contributed by atoms with Gasteiger partial charge in [0.1, 0.15) is 22.3 Å². The van der Waals surface area contributed by atoms with Gasteiger partial charge in [0.05, 0.1) is 10.7 Å². The first-order valence-electron chi connectivity index (χ1n) is 7.81. The number of aryl methyl sites for hydroxylation is 1. The van der Waals surface area contributed by atoms with Gasteiger partial charge in [-0.05, 0) is 55.0 Å². The van der Waals surface area contributed by atoms with Crippen molar-refractivity contribution >= 4 is 27.3 Å². The van der Waals surface area contributed by atoms with Gasteiger partial charge in [0.15, 0.2) is 0 Å². The molecule has 3 aromatic rings. The molecule has 0 saturated carbocycles. The lowest BCUT2D eigenvalue weighted by Crippen LogP contribution is -2.14. The van der Waals surface area contributed by atoms with Gasteiger partial charge in [0, 0.05) is 6.20 Å². The van der Waals surface area contributed by atoms with Gasteiger partial charge in [0.2, 0.25) is 5.88 Å². The third kappa shape index (κ3) is 4.19. The summed E-state index contributed by atoms with van der Waals surface area (Å²) in [6.45, 7) is 1.74. The van der Waals surface area contributed by atoms with E-state index in [-0.39, 0.29) is 15.8 Å². The zero-order valence-corrected chi connectivity index (χ0v) is 15.8. The molecular formula is C19H14ClN3O3S. The molecule has 0 spiro atoms. The van der Waals surface area contributed by atoms with Crippen LogP contribution in [0.3, 0.4) is 0 Å². The second-order valence-electron chi connectivity index (χ2n) is 5.58. The molecule has 0 aliphatic heterocycles. The summed E-state index contributed by atoms with van der Waals surface area (Å²) >= 11 is 5.99. The Balaban J connectivity index is 1.85. The third-order valence-electron chi connectivity index (χ3n) is 3.67. The second kappa shape index (κ2) is 7.66. The van der Waals surface area contributed by atoms with Gasteiger partial charge >= 0.3 is 0 Å². The maximum Gasteiger partial charge on any atom is 0.263 e. The van der Waals surface area contributed by atoms with Crippen molar-refractivity contribution in [3.05, 3.63) is 76.9 Å². The molecular weight excluding hydrogens is 386 g/mol. The van der Waals surface area contributed by atoms with Gasteiger partial charge in [-0.15, -0.1) is 0 Å². The predicted octanol–water partition coefficient (Wildman–Crippen LogP) is 4.51. The van der Waals surface area contributed by atoms with E-state index in [1.54, 1.807) is 49.4 Å². The lowest BCUT2D eigenvalue weighted by molar-refractivity contribution is 0.461. The first-order valence-corrected chi connectivity index (χ1v) is 9.68. The van der Waals surface area contributed by atoms with Crippen LogP contribution in [0.15, 0.2) is 65.7 Å². The normalized spacial score (nSPS) is 10.9. The topological polar surface area (TPSA) is 92.1 Å². The molecule has 0 bridgehead atoms. The number of rotatable bonds is 5. The molecule has 0 radical (unpaired) electrons. The Kier molecular flexibility index (Phi) is 5.31. The number of hydrogen-bond acceptors (Lipinski definition) is 5. The second-order valence-corrected chi connectivity index (χ2v) is 7.64. The molecule has 8 heteroatoms. The number of sulfonamides is 1. The molecule has 0 fully saturated rings. The van der Waals surface area contributed by atoms with Gasteiger partial charge in [-0.25, -0.2) is 13.4 Å². The molecule has 0 aliphatic rings. The molecule has 136 valence electrons. The van der Waals surface area contributed by atoms with Gasteiger partial charge in [-0.3, -0.25) is 4.72 Å². The van der Waals surface area contributed by atoms with Crippen LogP contribution < -0.4 is 9.46 Å². The van der Waals surface area contributed by atoms with Crippen LogP contribution in [0.2, 0.25) is 5.02 Å². The molecule has 0 aliphatic carbocycles. The quantitative estimate of drug-likeness (QED) is 0.681. The lowest BCUT2D eigenvalue weighted by Gasteiger charge is -2.13. The fourth-order valence-corrected chi connectivity index (χ4v) is 4.00. The summed E-state index contributed by atoms with van der Waals surface area (Å²) in [5.74, 6) is 0.618. The molecule has 1 heterocycles. The molecule has 27 heavy (non-hydrogen) atoms. The number of aromatic nitrogens is 1. The zero-order chi connectivity index (χ0) is 19.4. The Bertz CT molecular complexity index is 1140. The minimum Gasteiger partial charge on any atom is -0.438 e. The summed E-state index contributed by atoms with van der Waals surface area (Å²) in [5, 5.41) is 9.24. The van der Waals surface area contributed by atoms with E-state index < -0.39 is 10.0 Å². The van der Waals surface area contributed by atoms with Crippen LogP contribution in [-0.4, -0.2) is 13.4 Å². The van der Waals surface area contributed by atoms with Crippen molar-refractivity contribution in [2.45, 2.75) is 11.8 Å². The number of nitriles is 1. The minimum atomic E-state index is -3.83. The average Bonchev–Trinajstić information content (AvgIpc) is 2.64. The van der Waals surface area contributed by atoms with E-state index >= 15 is 0 Å². The van der Waals surface area contributed by atoms with Crippen LogP contribution in [0.25, 0.3) is 0 Å². The lowest BCUT2D eigenvalue weighted by atomic mass is 10.2. The van der Waals surface area contributed by atoms with Crippen LogP contribution in [0.4, 0.5) is 5.69 Å². The number of ether oxygens (including phenoxy) is 1. The smallest absolute Gasteiger partial charge is 0.263 e. The Morgan fingerprint density at radius 2 is 1.93 bits per heavy atom. The van der Waals surface area contributed by atoms with Crippen molar-refractivity contribution in [3.63, 3.8) is 0 Å². The number of nitrogens with one attached hydrogen (secondary N) is 1. The molecule has 0 atom stereocenters. The van der Waals surface area contributed by atoms with E-state index in [2.05, 4.69) is 9.71 Å². The van der Waals surface area contributed by atoms with Crippen LogP contribution in [0.5, 0.6) is 11.6 Å². The minimum absolute atomic E-state index is 0.00135. The highest BCUT2D eigenvalue weighted by Crippen LogP contribution is 2.29. The van der Waals surface area contributed by atoms with Crippen molar-refractivity contribution < 1.29 is 13.2 Å². The fourth-order valence-electron chi connectivity index (χ4n) is 2.35. The molecule has 1 aromatic heterocycles. The van der Waals surface area contributed by atoms with Crippen LogP contribution >= 0.6 is 11.6 Å². The molecule has 1 N–H and O–H groups in total. The van der Waals surface area contributed by atoms with Crippen molar-refractivity contribution in [2.75, 3.05) is 4.72 Å². The maximum absolute atomic E-state index is 12.6. The van der Waals surface area contributed by atoms with Crippen molar-refractivity contribution in [3.8, 4) is 17.7 Å². The highest BCUT2D eigenvalue weighted by Gasteiger charge is 2.18. The zero-order valence-electron chi connectivity index (χ0n) is 14.2. The predicted molar refractivity (Wildman–Crippen MR) is 102 cm³/mol. The molecule has 6 nitrogen and oxygen atoms in total. The number of halogens is 1. The summed E-state index contributed by atoms with van der Waals surface area (Å²) in [4.78, 5) is 4.03. The Morgan fingerprint density at radius 1 is 1.15 bits per heavy atom. The van der Waals surface area contributed by atoms with Crippen LogP contribution in [-0.2, 0) is 10.0 Å². The average molecular weight is 400 g/mol. The molecule has 2 aromatic carbocycles. The Morgan fingerprint density at radius 3 is 2.63 bits per heavy atom. The highest BCUT2D eigenvalue weighted by atomic mass is 35.5. The largest absolute Gasteiger partial charge is 0.438 e. The van der Waals surface area contributed by atoms with Gasteiger partial charge in [0.25, 0.3) is 10.0 Å². The third-order valence-corrected chi connectivity index (χ3v) is 5.54. The van der Waals surface area contributed by atoms with E-state index in [4.69, 9.17) is 21.6 Å². The summed E-state index contributed by atoms with van der Waals surface area (Å²) in [6, 6.07) is 16.3. The van der Waals surface area contributed by atoms with Crippen LogP contribution in [0, 0.1) is 18.3 Å². The summed E-state index contributed by atoms with van der Waals surface area (Å²) in [7, 11) is -3.83. The summed E-state index contributed by atoms with van der Waals surface area (Å²) in [6.07, 6.45) is 1.52. The SMILES string of the molecule is Cc1cc(Oc2ncccc2C#N)ccc1NS(=O)(=O)c1ccccc1Cl. The highest BCUT2D eigenvalue weighted by molar-refractivity contribution is 7.92. The summed E-state index contributed by atoms with van der Waals surface area (Å²) in [5.41, 5.74) is 1.33. The molecule has 0 saturated heterocycles. The van der Waals surface area contributed by atoms with Gasteiger partial charge in [-0.2, -0.15) is 5.26 Å². The summed E-state index contributed by atoms with van der Waals surface area (Å²) < 4.78 is 33.3. The fraction of sp³-hybridized carbons (Fsp3) is 0.0526. The maximum atomic E-state index is 12.6. The van der Waals surface area contributed by atoms with E-state index in [0.717, 1.165) is 0 Å². The number of benzene rings is 2. The number of pyridine rings is 1. The first-order chi connectivity index (χ1) is 12.9. The van der Waals surface area contributed by atoms with E-state index in [9.17, 15) is 8.42 Å². The van der Waals surface area contributed by atoms with Crippen molar-refractivity contribution in [1.29, 1.82) is 5.26 Å². The number of hydrogen-bond donors (Lipinski definition) is 1. The Labute approximate surface area is 162 Å². The molecule has 0 unspecified atom stereocenters. The monoisotopic (exact) mass is 399 g/mol. The van der Waals surface area contributed by atoms with Gasteiger partial charge in [-0.1, -0.05) is 23.7 Å². The Hall–Kier alpha value is -3.08. The van der Waals surface area contributed by atoms with Crippen LogP contribution in [0.1, 0.15) is 11.1 Å². The van der Waals surface area contributed by atoms with E-state index in [0.29, 0.717) is 22.6 Å². The van der Waals surface area contributed by atoms with E-state index in [1.807, 2.05) is 6.07 Å². The number of anilines is 1. The van der Waals surface area contributed by atoms with Crippen molar-refractivity contribution in [1.82, 2.24) is 4.98 Å². The van der Waals surface area contributed by atoms with Crippen molar-refractivity contribution in [2.24, 2.45) is 0 Å².